The molecule has 0 saturated carbocycles. The summed E-state index contributed by atoms with van der Waals surface area (Å²) in [5.41, 5.74) is 1.74. The molecule has 1 fully saturated rings. The molecular weight excluding hydrogens is 359 g/mol. The van der Waals surface area contributed by atoms with Crippen molar-refractivity contribution in [2.45, 2.75) is 31.8 Å². The lowest BCUT2D eigenvalue weighted by Crippen LogP contribution is -2.48. The predicted molar refractivity (Wildman–Crippen MR) is 104 cm³/mol. The Labute approximate surface area is 164 Å². The number of nitrogens with zero attached hydrogens (tertiary/aromatic N) is 1. The highest BCUT2D eigenvalue weighted by Crippen LogP contribution is 2.19. The van der Waals surface area contributed by atoms with E-state index in [9.17, 15) is 19.1 Å². The fourth-order valence-corrected chi connectivity index (χ4v) is 3.65. The third-order valence-corrected chi connectivity index (χ3v) is 5.07. The summed E-state index contributed by atoms with van der Waals surface area (Å²) in [7, 11) is 0. The van der Waals surface area contributed by atoms with Crippen LogP contribution in [-0.4, -0.2) is 41.0 Å². The molecule has 0 aromatic heterocycles. The van der Waals surface area contributed by atoms with Gasteiger partial charge in [0.15, 0.2) is 0 Å². The number of halogens is 1. The Morgan fingerprint density at radius 1 is 1.14 bits per heavy atom. The van der Waals surface area contributed by atoms with Crippen molar-refractivity contribution in [1.29, 1.82) is 0 Å². The van der Waals surface area contributed by atoms with Crippen LogP contribution in [0, 0.1) is 11.7 Å². The molecule has 0 aliphatic carbocycles. The van der Waals surface area contributed by atoms with Crippen molar-refractivity contribution in [1.82, 2.24) is 10.2 Å². The van der Waals surface area contributed by atoms with E-state index in [-0.39, 0.29) is 24.1 Å². The van der Waals surface area contributed by atoms with Crippen LogP contribution < -0.4 is 5.32 Å². The molecule has 2 N–H and O–H groups in total. The third-order valence-electron chi connectivity index (χ3n) is 5.07. The summed E-state index contributed by atoms with van der Waals surface area (Å²) in [6.07, 6.45) is 1.83. The van der Waals surface area contributed by atoms with Gasteiger partial charge >= 0.3 is 5.97 Å². The number of likely N-dealkylation sites (tertiary alicyclic amines) is 1. The number of aliphatic carboxylic acids is 1. The molecule has 2 aromatic carbocycles. The average Bonchev–Trinajstić information content (AvgIpc) is 2.68. The zero-order valence-electron chi connectivity index (χ0n) is 15.7. The van der Waals surface area contributed by atoms with Crippen LogP contribution in [0.15, 0.2) is 54.6 Å². The minimum absolute atomic E-state index is 0.229. The smallest absolute Gasteiger partial charge is 0.326 e. The normalized spacial score (nSPS) is 18.4. The molecule has 1 amide bonds. The molecule has 1 saturated heterocycles. The molecule has 28 heavy (non-hydrogen) atoms. The maximum absolute atomic E-state index is 13.4. The second-order valence-corrected chi connectivity index (χ2v) is 7.29. The summed E-state index contributed by atoms with van der Waals surface area (Å²) in [5.74, 6) is -1.80. The van der Waals surface area contributed by atoms with Crippen LogP contribution in [-0.2, 0) is 22.6 Å². The summed E-state index contributed by atoms with van der Waals surface area (Å²) in [4.78, 5) is 26.4. The molecule has 0 radical (unpaired) electrons. The lowest BCUT2D eigenvalue weighted by Gasteiger charge is -2.32. The largest absolute Gasteiger partial charge is 0.480 e. The van der Waals surface area contributed by atoms with Crippen molar-refractivity contribution >= 4 is 11.9 Å². The Kier molecular flexibility index (Phi) is 6.76. The van der Waals surface area contributed by atoms with Crippen LogP contribution in [0.25, 0.3) is 0 Å². The van der Waals surface area contributed by atoms with Gasteiger partial charge in [0.1, 0.15) is 11.9 Å². The zero-order chi connectivity index (χ0) is 19.9. The number of nitrogens with one attached hydrogen (secondary N) is 1. The molecule has 6 heteroatoms. The molecule has 1 unspecified atom stereocenters. The molecule has 148 valence electrons. The lowest BCUT2D eigenvalue weighted by atomic mass is 9.95. The number of hydrogen-bond donors (Lipinski definition) is 2. The predicted octanol–water partition coefficient (Wildman–Crippen LogP) is 2.85. The van der Waals surface area contributed by atoms with E-state index in [1.165, 1.54) is 12.1 Å². The van der Waals surface area contributed by atoms with Crippen molar-refractivity contribution in [3.05, 3.63) is 71.5 Å². The standard InChI is InChI=1S/C22H25FN2O3/c23-19-10-4-8-17(12-19)14-25-11-5-9-18(15-25)21(26)24-20(22(27)28)13-16-6-2-1-3-7-16/h1-4,6-8,10,12,18,20H,5,9,11,13-15H2,(H,24,26)(H,27,28)/t18?,20-/m0/s1. The van der Waals surface area contributed by atoms with Gasteiger partial charge in [-0.05, 0) is 42.6 Å². The van der Waals surface area contributed by atoms with E-state index in [4.69, 9.17) is 0 Å². The monoisotopic (exact) mass is 384 g/mol. The first kappa shape index (κ1) is 20.0. The Bertz CT molecular complexity index is 812. The molecule has 2 atom stereocenters. The van der Waals surface area contributed by atoms with Gasteiger partial charge in [-0.25, -0.2) is 9.18 Å². The number of carboxylic acids is 1. The van der Waals surface area contributed by atoms with Gasteiger partial charge in [-0.15, -0.1) is 0 Å². The van der Waals surface area contributed by atoms with E-state index in [1.807, 2.05) is 36.4 Å². The Morgan fingerprint density at radius 2 is 1.89 bits per heavy atom. The maximum Gasteiger partial charge on any atom is 0.326 e. The number of amides is 1. The van der Waals surface area contributed by atoms with Gasteiger partial charge in [-0.2, -0.15) is 0 Å². The second-order valence-electron chi connectivity index (χ2n) is 7.29. The summed E-state index contributed by atoms with van der Waals surface area (Å²) in [5, 5.41) is 12.2. The summed E-state index contributed by atoms with van der Waals surface area (Å²) < 4.78 is 13.4. The Morgan fingerprint density at radius 3 is 2.61 bits per heavy atom. The van der Waals surface area contributed by atoms with Crippen molar-refractivity contribution in [3.63, 3.8) is 0 Å². The van der Waals surface area contributed by atoms with E-state index in [0.717, 1.165) is 30.5 Å². The van der Waals surface area contributed by atoms with Crippen molar-refractivity contribution < 1.29 is 19.1 Å². The summed E-state index contributed by atoms with van der Waals surface area (Å²) in [6, 6.07) is 14.8. The first-order valence-corrected chi connectivity index (χ1v) is 9.55. The van der Waals surface area contributed by atoms with E-state index in [1.54, 1.807) is 6.07 Å². The first-order chi connectivity index (χ1) is 13.5. The topological polar surface area (TPSA) is 69.6 Å². The van der Waals surface area contributed by atoms with Gasteiger partial charge in [0.05, 0.1) is 5.92 Å². The highest BCUT2D eigenvalue weighted by atomic mass is 19.1. The van der Waals surface area contributed by atoms with Gasteiger partial charge in [0, 0.05) is 19.5 Å². The number of carbonyl (C=O) groups excluding carboxylic acids is 1. The fraction of sp³-hybridized carbons (Fsp3) is 0.364. The second kappa shape index (κ2) is 9.46. The minimum Gasteiger partial charge on any atom is -0.480 e. The number of carboxylic acid groups (broad SMARTS) is 1. The van der Waals surface area contributed by atoms with Crippen LogP contribution in [0.5, 0.6) is 0 Å². The van der Waals surface area contributed by atoms with Crippen LogP contribution in [0.4, 0.5) is 4.39 Å². The fourth-order valence-electron chi connectivity index (χ4n) is 3.65. The van der Waals surface area contributed by atoms with Gasteiger partial charge in [-0.3, -0.25) is 9.69 Å². The highest BCUT2D eigenvalue weighted by molar-refractivity contribution is 5.85. The summed E-state index contributed by atoms with van der Waals surface area (Å²) in [6.45, 7) is 1.96. The van der Waals surface area contributed by atoms with Gasteiger partial charge in [-0.1, -0.05) is 42.5 Å². The van der Waals surface area contributed by atoms with Gasteiger partial charge in [0.2, 0.25) is 5.91 Å². The number of carbonyl (C=O) groups is 2. The van der Waals surface area contributed by atoms with Gasteiger partial charge < -0.3 is 10.4 Å². The molecule has 2 aromatic rings. The zero-order valence-corrected chi connectivity index (χ0v) is 15.7. The van der Waals surface area contributed by atoms with E-state index in [2.05, 4.69) is 10.2 Å². The first-order valence-electron chi connectivity index (χ1n) is 9.55. The molecule has 0 bridgehead atoms. The van der Waals surface area contributed by atoms with Crippen molar-refractivity contribution in [2.24, 2.45) is 5.92 Å². The molecular formula is C22H25FN2O3. The highest BCUT2D eigenvalue weighted by Gasteiger charge is 2.29. The van der Waals surface area contributed by atoms with E-state index < -0.39 is 12.0 Å². The quantitative estimate of drug-likeness (QED) is 0.770. The van der Waals surface area contributed by atoms with Crippen molar-refractivity contribution in [3.8, 4) is 0 Å². The van der Waals surface area contributed by atoms with Gasteiger partial charge in [0.25, 0.3) is 0 Å². The van der Waals surface area contributed by atoms with Crippen LogP contribution in [0.2, 0.25) is 0 Å². The Balaban J connectivity index is 1.58. The van der Waals surface area contributed by atoms with E-state index >= 15 is 0 Å². The maximum atomic E-state index is 13.4. The van der Waals surface area contributed by atoms with Crippen molar-refractivity contribution in [2.75, 3.05) is 13.1 Å². The molecule has 1 aliphatic rings. The molecule has 1 aliphatic heterocycles. The summed E-state index contributed by atoms with van der Waals surface area (Å²) >= 11 is 0. The SMILES string of the molecule is O=C(N[C@@H](Cc1ccccc1)C(=O)O)C1CCCN(Cc2cccc(F)c2)C1. The number of rotatable bonds is 7. The number of benzene rings is 2. The Hall–Kier alpha value is -2.73. The molecule has 3 rings (SSSR count). The average molecular weight is 384 g/mol. The van der Waals surface area contributed by atoms with Crippen LogP contribution in [0.1, 0.15) is 24.0 Å². The molecule has 1 heterocycles. The number of hydrogen-bond acceptors (Lipinski definition) is 3. The lowest BCUT2D eigenvalue weighted by molar-refractivity contribution is -0.142. The number of piperidine rings is 1. The minimum atomic E-state index is -1.04. The third kappa shape index (κ3) is 5.63. The molecule has 5 nitrogen and oxygen atoms in total. The molecule has 0 spiro atoms. The van der Waals surface area contributed by atoms with Crippen LogP contribution in [0.3, 0.4) is 0 Å². The van der Waals surface area contributed by atoms with E-state index in [0.29, 0.717) is 13.1 Å². The van der Waals surface area contributed by atoms with Crippen LogP contribution >= 0.6 is 0 Å².